The Kier molecular flexibility index (Phi) is 6.02. The lowest BCUT2D eigenvalue weighted by molar-refractivity contribution is -0.143. The van der Waals surface area contributed by atoms with Gasteiger partial charge in [0.15, 0.2) is 0 Å². The lowest BCUT2D eigenvalue weighted by Gasteiger charge is -2.22. The number of carbonyl (C=O) groups is 2. The van der Waals surface area contributed by atoms with Crippen molar-refractivity contribution in [2.75, 3.05) is 0 Å². The molecule has 2 atom stereocenters. The fraction of sp³-hybridized carbons (Fsp3) is 0.526. The van der Waals surface area contributed by atoms with Crippen molar-refractivity contribution in [2.24, 2.45) is 5.92 Å². The summed E-state index contributed by atoms with van der Waals surface area (Å²) in [6.07, 6.45) is 6.32. The Hall–Kier alpha value is -1.95. The number of fused-ring (bicyclic) bond motifs is 1. The third-order valence-electron chi connectivity index (χ3n) is 4.81. The first kappa shape index (κ1) is 17.9. The number of amides is 1. The highest BCUT2D eigenvalue weighted by atomic mass is 32.1. The number of carbonyl (C=O) groups excluding carboxylic acids is 1. The number of carboxylic acid groups (broad SMARTS) is 1. The third-order valence-corrected chi connectivity index (χ3v) is 5.91. The van der Waals surface area contributed by atoms with Crippen LogP contribution in [-0.2, 0) is 16.0 Å². The summed E-state index contributed by atoms with van der Waals surface area (Å²) in [5.41, 5.74) is 1.01. The van der Waals surface area contributed by atoms with Crippen molar-refractivity contribution >= 4 is 33.4 Å². The summed E-state index contributed by atoms with van der Waals surface area (Å²) in [4.78, 5) is 28.2. The zero-order valence-corrected chi connectivity index (χ0v) is 15.1. The molecule has 2 aromatic rings. The van der Waals surface area contributed by atoms with Crippen LogP contribution < -0.4 is 5.32 Å². The van der Waals surface area contributed by atoms with Crippen molar-refractivity contribution in [3.63, 3.8) is 0 Å². The number of aryl methyl sites for hydroxylation is 1. The van der Waals surface area contributed by atoms with Gasteiger partial charge < -0.3 is 10.4 Å². The van der Waals surface area contributed by atoms with E-state index in [-0.39, 0.29) is 11.9 Å². The van der Waals surface area contributed by atoms with Crippen LogP contribution in [0.15, 0.2) is 24.3 Å². The second-order valence-electron chi connectivity index (χ2n) is 6.69. The van der Waals surface area contributed by atoms with Gasteiger partial charge >= 0.3 is 5.97 Å². The molecule has 134 valence electrons. The van der Waals surface area contributed by atoms with E-state index in [4.69, 9.17) is 0 Å². The van der Waals surface area contributed by atoms with Crippen LogP contribution in [0.3, 0.4) is 0 Å². The first-order valence-electron chi connectivity index (χ1n) is 9.00. The van der Waals surface area contributed by atoms with Gasteiger partial charge in [0.2, 0.25) is 5.91 Å². The van der Waals surface area contributed by atoms with Gasteiger partial charge in [0.05, 0.1) is 21.1 Å². The third kappa shape index (κ3) is 4.78. The predicted molar refractivity (Wildman–Crippen MR) is 98.7 cm³/mol. The van der Waals surface area contributed by atoms with Gasteiger partial charge in [-0.05, 0) is 37.8 Å². The minimum Gasteiger partial charge on any atom is -0.481 e. The predicted octanol–water partition coefficient (Wildman–Crippen LogP) is 3.77. The molecule has 6 heteroatoms. The molecule has 0 saturated heterocycles. The fourth-order valence-corrected chi connectivity index (χ4v) is 4.49. The molecule has 0 aliphatic heterocycles. The standard InChI is InChI=1S/C19H24N2O3S/c22-17(20-14-8-3-1-2-7-13(14)19(23)24)11-6-12-18-21-15-9-4-5-10-16(15)25-18/h4-5,9-10,13-14H,1-3,6-8,11-12H2,(H,20,22)(H,23,24)/t13-,14+/m1/s1. The number of thiazole rings is 1. The molecule has 1 aromatic carbocycles. The highest BCUT2D eigenvalue weighted by molar-refractivity contribution is 7.18. The number of nitrogens with one attached hydrogen (secondary N) is 1. The molecule has 1 aromatic heterocycles. The monoisotopic (exact) mass is 360 g/mol. The molecule has 3 rings (SSSR count). The Morgan fingerprint density at radius 3 is 2.80 bits per heavy atom. The van der Waals surface area contributed by atoms with Crippen LogP contribution in [0, 0.1) is 5.92 Å². The smallest absolute Gasteiger partial charge is 0.308 e. The SMILES string of the molecule is O=C(CCCc1nc2ccccc2s1)N[C@H]1CCCCC[C@H]1C(=O)O. The number of aliphatic carboxylic acids is 1. The van der Waals surface area contributed by atoms with E-state index in [2.05, 4.69) is 16.4 Å². The summed E-state index contributed by atoms with van der Waals surface area (Å²) in [7, 11) is 0. The zero-order chi connectivity index (χ0) is 17.6. The fourth-order valence-electron chi connectivity index (χ4n) is 3.48. The van der Waals surface area contributed by atoms with E-state index in [9.17, 15) is 14.7 Å². The minimum absolute atomic E-state index is 0.0424. The van der Waals surface area contributed by atoms with Crippen LogP contribution in [0.1, 0.15) is 50.0 Å². The van der Waals surface area contributed by atoms with Crippen molar-refractivity contribution in [1.82, 2.24) is 10.3 Å². The minimum atomic E-state index is -0.790. The van der Waals surface area contributed by atoms with Gasteiger partial charge in [0, 0.05) is 12.5 Å². The average Bonchev–Trinajstić information content (AvgIpc) is 2.85. The first-order valence-corrected chi connectivity index (χ1v) is 9.82. The number of rotatable bonds is 6. The summed E-state index contributed by atoms with van der Waals surface area (Å²) in [5.74, 6) is -1.28. The Labute approximate surface area is 151 Å². The molecule has 5 nitrogen and oxygen atoms in total. The van der Waals surface area contributed by atoms with Crippen molar-refractivity contribution in [3.8, 4) is 0 Å². The first-order chi connectivity index (χ1) is 12.1. The van der Waals surface area contributed by atoms with Crippen molar-refractivity contribution in [3.05, 3.63) is 29.3 Å². The normalized spacial score (nSPS) is 21.0. The van der Waals surface area contributed by atoms with Gasteiger partial charge in [0.1, 0.15) is 0 Å². The van der Waals surface area contributed by atoms with E-state index in [1.54, 1.807) is 11.3 Å². The second-order valence-corrected chi connectivity index (χ2v) is 7.80. The van der Waals surface area contributed by atoms with Crippen LogP contribution >= 0.6 is 11.3 Å². The van der Waals surface area contributed by atoms with Gasteiger partial charge in [-0.15, -0.1) is 11.3 Å². The lowest BCUT2D eigenvalue weighted by atomic mass is 9.94. The molecule has 1 fully saturated rings. The largest absolute Gasteiger partial charge is 0.481 e. The average molecular weight is 360 g/mol. The molecule has 2 N–H and O–H groups in total. The van der Waals surface area contributed by atoms with E-state index in [1.807, 2.05) is 18.2 Å². The maximum Gasteiger partial charge on any atom is 0.308 e. The van der Waals surface area contributed by atoms with Gasteiger partial charge in [-0.25, -0.2) is 4.98 Å². The molecular formula is C19H24N2O3S. The molecule has 0 bridgehead atoms. The number of benzene rings is 1. The van der Waals surface area contributed by atoms with Crippen molar-refractivity contribution in [2.45, 2.75) is 57.4 Å². The molecule has 1 amide bonds. The van der Waals surface area contributed by atoms with E-state index in [1.165, 1.54) is 4.70 Å². The number of hydrogen-bond donors (Lipinski definition) is 2. The number of carboxylic acids is 1. The molecule has 1 saturated carbocycles. The van der Waals surface area contributed by atoms with Crippen LogP contribution in [0.25, 0.3) is 10.2 Å². The van der Waals surface area contributed by atoms with Crippen molar-refractivity contribution < 1.29 is 14.7 Å². The molecule has 25 heavy (non-hydrogen) atoms. The number of para-hydroxylation sites is 1. The lowest BCUT2D eigenvalue weighted by Crippen LogP contribution is -2.42. The number of hydrogen-bond acceptors (Lipinski definition) is 4. The van der Waals surface area contributed by atoms with Crippen LogP contribution in [0.5, 0.6) is 0 Å². The summed E-state index contributed by atoms with van der Waals surface area (Å²) in [6, 6.07) is 7.81. The molecular weight excluding hydrogens is 336 g/mol. The van der Waals surface area contributed by atoms with E-state index >= 15 is 0 Å². The van der Waals surface area contributed by atoms with Gasteiger partial charge in [-0.3, -0.25) is 9.59 Å². The highest BCUT2D eigenvalue weighted by Crippen LogP contribution is 2.25. The molecule has 1 heterocycles. The zero-order valence-electron chi connectivity index (χ0n) is 14.2. The van der Waals surface area contributed by atoms with E-state index in [0.29, 0.717) is 12.8 Å². The maximum absolute atomic E-state index is 12.2. The summed E-state index contributed by atoms with van der Waals surface area (Å²) >= 11 is 1.67. The maximum atomic E-state index is 12.2. The Morgan fingerprint density at radius 1 is 1.20 bits per heavy atom. The number of nitrogens with zero attached hydrogens (tertiary/aromatic N) is 1. The second kappa shape index (κ2) is 8.43. The topological polar surface area (TPSA) is 79.3 Å². The van der Waals surface area contributed by atoms with Crippen LogP contribution in [0.2, 0.25) is 0 Å². The molecule has 1 aliphatic carbocycles. The quantitative estimate of drug-likeness (QED) is 0.769. The van der Waals surface area contributed by atoms with Crippen LogP contribution in [-0.4, -0.2) is 28.0 Å². The molecule has 0 radical (unpaired) electrons. The van der Waals surface area contributed by atoms with Gasteiger partial charge in [0.25, 0.3) is 0 Å². The number of aromatic nitrogens is 1. The summed E-state index contributed by atoms with van der Waals surface area (Å²) in [6.45, 7) is 0. The van der Waals surface area contributed by atoms with E-state index < -0.39 is 11.9 Å². The van der Waals surface area contributed by atoms with E-state index in [0.717, 1.165) is 49.0 Å². The van der Waals surface area contributed by atoms with Crippen LogP contribution in [0.4, 0.5) is 0 Å². The Balaban J connectivity index is 1.49. The van der Waals surface area contributed by atoms with Crippen molar-refractivity contribution in [1.29, 1.82) is 0 Å². The Morgan fingerprint density at radius 2 is 2.00 bits per heavy atom. The molecule has 1 aliphatic rings. The highest BCUT2D eigenvalue weighted by Gasteiger charge is 2.30. The van der Waals surface area contributed by atoms with Gasteiger partial charge in [-0.1, -0.05) is 31.4 Å². The molecule has 0 unspecified atom stereocenters. The Bertz CT molecular complexity index is 710. The summed E-state index contributed by atoms with van der Waals surface area (Å²) in [5, 5.41) is 13.4. The summed E-state index contributed by atoms with van der Waals surface area (Å²) < 4.78 is 1.17. The van der Waals surface area contributed by atoms with Gasteiger partial charge in [-0.2, -0.15) is 0 Å². The molecule has 0 spiro atoms.